The van der Waals surface area contributed by atoms with E-state index in [1.807, 2.05) is 0 Å². The number of ether oxygens (including phenoxy) is 2. The molecule has 0 atom stereocenters. The van der Waals surface area contributed by atoms with Crippen LogP contribution in [0.2, 0.25) is 0 Å². The molecule has 0 saturated carbocycles. The summed E-state index contributed by atoms with van der Waals surface area (Å²) in [6, 6.07) is 4.94. The number of nitrogens with zero attached hydrogens (tertiary/aromatic N) is 2. The fraction of sp³-hybridized carbons (Fsp3) is 0.100. The molecule has 10 heteroatoms. The van der Waals surface area contributed by atoms with Gasteiger partial charge in [-0.25, -0.2) is 0 Å². The number of H-pyrrole nitrogens is 1. The number of nitrogens with one attached hydrogen (secondary N) is 1. The van der Waals surface area contributed by atoms with Gasteiger partial charge in [0.25, 0.3) is 5.88 Å². The molecule has 20 heavy (non-hydrogen) atoms. The maximum absolute atomic E-state index is 11.9. The van der Waals surface area contributed by atoms with Gasteiger partial charge in [0.15, 0.2) is 0 Å². The molecule has 0 aliphatic carbocycles. The van der Waals surface area contributed by atoms with Crippen molar-refractivity contribution in [3.8, 4) is 17.4 Å². The van der Waals surface area contributed by atoms with E-state index in [1.54, 1.807) is 0 Å². The van der Waals surface area contributed by atoms with Crippen LogP contribution < -0.4 is 9.47 Å². The van der Waals surface area contributed by atoms with Crippen molar-refractivity contribution in [1.82, 2.24) is 15.4 Å². The fourth-order valence-corrected chi connectivity index (χ4v) is 1.07. The van der Waals surface area contributed by atoms with Gasteiger partial charge in [0.05, 0.1) is 0 Å². The van der Waals surface area contributed by atoms with Crippen molar-refractivity contribution in [1.29, 1.82) is 0 Å². The van der Waals surface area contributed by atoms with E-state index in [9.17, 15) is 13.2 Å². The second-order valence-electron chi connectivity index (χ2n) is 3.01. The van der Waals surface area contributed by atoms with E-state index in [1.165, 1.54) is 18.3 Å². The molecule has 0 radical (unpaired) electrons. The van der Waals surface area contributed by atoms with Crippen LogP contribution >= 0.6 is 0 Å². The lowest BCUT2D eigenvalue weighted by atomic mass is 10.3. The van der Waals surface area contributed by atoms with E-state index in [0.717, 1.165) is 12.1 Å². The maximum Gasteiger partial charge on any atom is 0.573 e. The summed E-state index contributed by atoms with van der Waals surface area (Å²) in [6.45, 7) is 0. The third kappa shape index (κ3) is 5.65. The van der Waals surface area contributed by atoms with E-state index >= 15 is 0 Å². The zero-order valence-electron chi connectivity index (χ0n) is 9.55. The van der Waals surface area contributed by atoms with Crippen LogP contribution in [0.4, 0.5) is 13.2 Å². The Balaban J connectivity index is 0.000000612. The first-order valence-corrected chi connectivity index (χ1v) is 4.83. The number of hydrogen-bond donors (Lipinski definition) is 1. The number of aromatic amines is 1. The first-order valence-electron chi connectivity index (χ1n) is 4.83. The van der Waals surface area contributed by atoms with E-state index in [2.05, 4.69) is 20.1 Å². The molecule has 1 aromatic heterocycles. The Labute approximate surface area is 109 Å². The van der Waals surface area contributed by atoms with Crippen molar-refractivity contribution in [3.63, 3.8) is 0 Å². The smallest absolute Gasteiger partial charge is 0.436 e. The van der Waals surface area contributed by atoms with Crippen molar-refractivity contribution in [2.75, 3.05) is 0 Å². The van der Waals surface area contributed by atoms with Gasteiger partial charge in [0, 0.05) is 0 Å². The average molecular weight is 289 g/mol. The summed E-state index contributed by atoms with van der Waals surface area (Å²) >= 11 is 0. The minimum absolute atomic E-state index is 0.217. The number of alkyl halides is 3. The summed E-state index contributed by atoms with van der Waals surface area (Å²) in [5.41, 5.74) is 0. The number of halogens is 3. The van der Waals surface area contributed by atoms with Crippen LogP contribution in [-0.4, -0.2) is 27.9 Å². The summed E-state index contributed by atoms with van der Waals surface area (Å²) in [5.74, 6) is 0.230. The van der Waals surface area contributed by atoms with Gasteiger partial charge in [-0.05, 0) is 24.3 Å². The Kier molecular flexibility index (Phi) is 5.24. The first kappa shape index (κ1) is 15.2. The Hall–Kier alpha value is -2.87. The van der Waals surface area contributed by atoms with Gasteiger partial charge < -0.3 is 9.47 Å². The minimum Gasteiger partial charge on any atom is -0.436 e. The molecule has 0 unspecified atom stereocenters. The standard InChI is InChI=1S/C9H6F3N3O2.CO2/c10-9(11,12)17-7-3-1-6(2-4-7)16-8-5-13-15-14-8;2-1-3/h1-5H,(H,13,14,15);. The third-order valence-electron chi connectivity index (χ3n) is 1.67. The SMILES string of the molecule is FC(F)(F)Oc1ccc(Oc2cn[nH]n2)cc1.O=C=O. The van der Waals surface area contributed by atoms with E-state index in [-0.39, 0.29) is 17.8 Å². The molecule has 0 fully saturated rings. The van der Waals surface area contributed by atoms with Gasteiger partial charge in [-0.2, -0.15) is 19.9 Å². The van der Waals surface area contributed by atoms with Gasteiger partial charge in [-0.1, -0.05) is 0 Å². The van der Waals surface area contributed by atoms with Gasteiger partial charge in [0.1, 0.15) is 17.7 Å². The highest BCUT2D eigenvalue weighted by Gasteiger charge is 2.30. The van der Waals surface area contributed by atoms with Gasteiger partial charge in [0.2, 0.25) is 0 Å². The number of carbonyl (C=O) groups excluding carboxylic acids is 2. The minimum atomic E-state index is -4.70. The van der Waals surface area contributed by atoms with E-state index < -0.39 is 6.36 Å². The lowest BCUT2D eigenvalue weighted by Gasteiger charge is -2.08. The molecule has 0 aliphatic rings. The highest BCUT2D eigenvalue weighted by Crippen LogP contribution is 2.26. The molecular formula is C10H6F3N3O4. The third-order valence-corrected chi connectivity index (χ3v) is 1.67. The zero-order valence-corrected chi connectivity index (χ0v) is 9.55. The molecule has 1 N–H and O–H groups in total. The highest BCUT2D eigenvalue weighted by atomic mass is 19.4. The molecule has 106 valence electrons. The predicted molar refractivity (Wildman–Crippen MR) is 54.6 cm³/mol. The molecule has 0 saturated heterocycles. The molecule has 0 spiro atoms. The Morgan fingerprint density at radius 2 is 1.65 bits per heavy atom. The molecule has 1 heterocycles. The molecule has 2 aromatic rings. The molecule has 0 amide bonds. The Morgan fingerprint density at radius 3 is 2.10 bits per heavy atom. The van der Waals surface area contributed by atoms with Crippen LogP contribution in [0.25, 0.3) is 0 Å². The van der Waals surface area contributed by atoms with Gasteiger partial charge in [-0.15, -0.1) is 18.3 Å². The average Bonchev–Trinajstić information content (AvgIpc) is 2.84. The normalized spacial score (nSPS) is 9.95. The lowest BCUT2D eigenvalue weighted by molar-refractivity contribution is -0.274. The molecule has 2 rings (SSSR count). The second-order valence-corrected chi connectivity index (χ2v) is 3.01. The summed E-state index contributed by atoms with van der Waals surface area (Å²) < 4.78 is 44.5. The number of rotatable bonds is 3. The van der Waals surface area contributed by atoms with E-state index in [4.69, 9.17) is 14.3 Å². The van der Waals surface area contributed by atoms with Crippen molar-refractivity contribution in [2.24, 2.45) is 0 Å². The molecule has 1 aromatic carbocycles. The van der Waals surface area contributed by atoms with Crippen molar-refractivity contribution >= 4 is 6.15 Å². The zero-order chi connectivity index (χ0) is 15.0. The van der Waals surface area contributed by atoms with Gasteiger partial charge >= 0.3 is 12.5 Å². The lowest BCUT2D eigenvalue weighted by Crippen LogP contribution is -2.16. The van der Waals surface area contributed by atoms with Crippen LogP contribution in [0.3, 0.4) is 0 Å². The quantitative estimate of drug-likeness (QED) is 0.927. The van der Waals surface area contributed by atoms with Crippen molar-refractivity contribution in [2.45, 2.75) is 6.36 Å². The highest BCUT2D eigenvalue weighted by molar-refractivity contribution is 5.33. The largest absolute Gasteiger partial charge is 0.573 e. The van der Waals surface area contributed by atoms with Crippen LogP contribution in [0.1, 0.15) is 0 Å². The number of benzene rings is 1. The Morgan fingerprint density at radius 1 is 1.10 bits per heavy atom. The van der Waals surface area contributed by atoms with Crippen molar-refractivity contribution < 1.29 is 32.2 Å². The predicted octanol–water partition coefficient (Wildman–Crippen LogP) is 1.91. The summed E-state index contributed by atoms with van der Waals surface area (Å²) in [5, 5.41) is 9.47. The summed E-state index contributed by atoms with van der Waals surface area (Å²) in [6.07, 6.45) is -3.12. The fourth-order valence-electron chi connectivity index (χ4n) is 1.07. The van der Waals surface area contributed by atoms with Crippen LogP contribution in [-0.2, 0) is 9.59 Å². The monoisotopic (exact) mass is 289 g/mol. The molecule has 7 nitrogen and oxygen atoms in total. The summed E-state index contributed by atoms with van der Waals surface area (Å²) in [4.78, 5) is 16.2. The first-order chi connectivity index (χ1) is 9.44. The molecule has 0 aliphatic heterocycles. The second kappa shape index (κ2) is 6.90. The van der Waals surface area contributed by atoms with Crippen LogP contribution in [0.15, 0.2) is 30.5 Å². The number of aromatic nitrogens is 3. The van der Waals surface area contributed by atoms with Crippen LogP contribution in [0.5, 0.6) is 17.4 Å². The Bertz CT molecular complexity index is 548. The molecule has 0 bridgehead atoms. The number of hydrogen-bond acceptors (Lipinski definition) is 6. The topological polar surface area (TPSA) is 94.2 Å². The van der Waals surface area contributed by atoms with Gasteiger partial charge in [-0.3, -0.25) is 0 Å². The van der Waals surface area contributed by atoms with Crippen LogP contribution in [0, 0.1) is 0 Å². The molecular weight excluding hydrogens is 283 g/mol. The summed E-state index contributed by atoms with van der Waals surface area (Å²) in [7, 11) is 0. The van der Waals surface area contributed by atoms with Crippen molar-refractivity contribution in [3.05, 3.63) is 30.5 Å². The maximum atomic E-state index is 11.9. The van der Waals surface area contributed by atoms with E-state index in [0.29, 0.717) is 5.75 Å².